The summed E-state index contributed by atoms with van der Waals surface area (Å²) in [5.74, 6) is -10.5. The third-order valence-corrected chi connectivity index (χ3v) is 16.4. The fourth-order valence-electron chi connectivity index (χ4n) is 10.3. The van der Waals surface area contributed by atoms with Gasteiger partial charge in [-0.05, 0) is 80.3 Å². The number of methoxy groups -OCH3 is 1. The molecule has 4 heterocycles. The van der Waals surface area contributed by atoms with E-state index in [1.54, 1.807) is 19.2 Å². The summed E-state index contributed by atoms with van der Waals surface area (Å²) in [5.41, 5.74) is 6.82. The quantitative estimate of drug-likeness (QED) is 0.0114. The fraction of sp³-hybridized carbons (Fsp3) is 0.500. The zero-order valence-electron chi connectivity index (χ0n) is 49.4. The summed E-state index contributed by atoms with van der Waals surface area (Å²) in [6.45, 7) is 2.08. The first kappa shape index (κ1) is 72.4. The van der Waals surface area contributed by atoms with Crippen LogP contribution in [0.15, 0.2) is 66.7 Å². The van der Waals surface area contributed by atoms with Gasteiger partial charge in [-0.2, -0.15) is 0 Å². The Morgan fingerprint density at radius 1 is 0.789 bits per heavy atom. The van der Waals surface area contributed by atoms with Crippen LogP contribution in [0, 0.1) is 5.92 Å². The maximum absolute atomic E-state index is 14.7. The summed E-state index contributed by atoms with van der Waals surface area (Å²) >= 11 is 1.27. The molecule has 8 amide bonds. The van der Waals surface area contributed by atoms with Gasteiger partial charge >= 0.3 is 29.6 Å². The second kappa shape index (κ2) is 34.1. The topological polar surface area (TPSA) is 466 Å². The van der Waals surface area contributed by atoms with Crippen LogP contribution in [-0.4, -0.2) is 216 Å². The molecular weight excluding hydrogens is 1240 g/mol. The molecular formula is C56H71N10NaO21S2. The molecule has 0 saturated carbocycles. The van der Waals surface area contributed by atoms with Gasteiger partial charge < -0.3 is 96.8 Å². The van der Waals surface area contributed by atoms with Crippen molar-refractivity contribution >= 4 is 70.9 Å². The number of primary amides is 1. The van der Waals surface area contributed by atoms with Gasteiger partial charge in [-0.3, -0.25) is 43.4 Å². The van der Waals surface area contributed by atoms with Crippen LogP contribution in [0.2, 0.25) is 0 Å². The van der Waals surface area contributed by atoms with E-state index in [4.69, 9.17) is 19.4 Å². The molecule has 3 aliphatic rings. The van der Waals surface area contributed by atoms with Crippen LogP contribution >= 0.6 is 23.7 Å². The second-order valence-electron chi connectivity index (χ2n) is 21.7. The summed E-state index contributed by atoms with van der Waals surface area (Å²) in [4.78, 5) is 115. The number of aliphatic hydroxyl groups is 6. The number of rotatable bonds is 22. The zero-order valence-corrected chi connectivity index (χ0v) is 53.0. The number of carbonyl (C=O) groups excluding carboxylic acids is 8. The van der Waals surface area contributed by atoms with Gasteiger partial charge in [0.1, 0.15) is 52.0 Å². The molecule has 0 bridgehead atoms. The number of hydrogen-bond acceptors (Lipinski definition) is 25. The minimum atomic E-state index is -2.22. The number of carbonyl (C=O) groups is 8. The minimum absolute atomic E-state index is 0. The number of aliphatic hydroxyl groups excluding tert-OH is 6. The van der Waals surface area contributed by atoms with Gasteiger partial charge in [0.25, 0.3) is 18.2 Å². The Hall–Kier alpha value is -6.67. The van der Waals surface area contributed by atoms with Gasteiger partial charge in [-0.25, -0.2) is 0 Å². The van der Waals surface area contributed by atoms with Crippen molar-refractivity contribution in [2.75, 3.05) is 40.0 Å². The summed E-state index contributed by atoms with van der Waals surface area (Å²) in [6, 6.07) is 5.13. The van der Waals surface area contributed by atoms with Crippen LogP contribution in [0.5, 0.6) is 17.2 Å². The Morgan fingerprint density at radius 2 is 1.42 bits per heavy atom. The summed E-state index contributed by atoms with van der Waals surface area (Å²) < 4.78 is 20.1. The Morgan fingerprint density at radius 3 is 2.07 bits per heavy atom. The fourth-order valence-corrected chi connectivity index (χ4v) is 11.4. The number of phenolic OH excluding ortho intramolecular Hbond substituents is 1. The Balaban J connectivity index is 0.0000129. The molecule has 3 saturated heterocycles. The first-order valence-corrected chi connectivity index (χ1v) is 29.7. The van der Waals surface area contributed by atoms with Crippen molar-refractivity contribution in [2.45, 2.75) is 132 Å². The SMILES string of the molecule is COCCCCCOc1ccc(-c2nnc(-c3ccc(C(=O)NC4CC(O)CNC(=O)C5C(O)C(C)CN5C(=O)C(C(O)CC(N)=O)NC(=O)C(C(O)Cc5ccc(O)c(OSOO[O-])c5)NC(=O)C5CC(O)CN5C(=O)C(C(C)O)NC4=O)cc3)s2)cc1.[Na+]. The van der Waals surface area contributed by atoms with Gasteiger partial charge in [-0.1, -0.05) is 36.5 Å². The molecule has 3 aliphatic heterocycles. The van der Waals surface area contributed by atoms with E-state index in [1.165, 1.54) is 36.5 Å². The van der Waals surface area contributed by atoms with E-state index in [2.05, 4.69) is 46.2 Å². The third kappa shape index (κ3) is 19.2. The van der Waals surface area contributed by atoms with E-state index in [0.29, 0.717) is 34.5 Å². The first-order chi connectivity index (χ1) is 42.5. The molecule has 90 heavy (non-hydrogen) atoms. The number of amides is 8. The van der Waals surface area contributed by atoms with E-state index in [-0.39, 0.29) is 58.8 Å². The molecule has 0 radical (unpaired) electrons. The maximum Gasteiger partial charge on any atom is 1.00 e. The molecule has 13 unspecified atom stereocenters. The van der Waals surface area contributed by atoms with Gasteiger partial charge in [0, 0.05) is 75.2 Å². The maximum atomic E-state index is 14.7. The summed E-state index contributed by atoms with van der Waals surface area (Å²) in [7, 11) is 1.66. The molecule has 34 heteroatoms. The van der Waals surface area contributed by atoms with Crippen LogP contribution in [-0.2, 0) is 54.1 Å². The Kier molecular flexibility index (Phi) is 27.4. The van der Waals surface area contributed by atoms with Gasteiger partial charge in [0.2, 0.25) is 41.4 Å². The largest absolute Gasteiger partial charge is 1.00 e. The Bertz CT molecular complexity index is 3120. The summed E-state index contributed by atoms with van der Waals surface area (Å²) in [5, 5.41) is 114. The monoisotopic (exact) mass is 1310 g/mol. The van der Waals surface area contributed by atoms with E-state index < -0.39 is 177 Å². The van der Waals surface area contributed by atoms with E-state index >= 15 is 0 Å². The van der Waals surface area contributed by atoms with Crippen molar-refractivity contribution in [3.05, 3.63) is 77.9 Å². The van der Waals surface area contributed by atoms with Crippen LogP contribution in [0.25, 0.3) is 21.1 Å². The average Bonchev–Trinajstić information content (AvgIpc) is 1.70. The zero-order chi connectivity index (χ0) is 64.6. The van der Waals surface area contributed by atoms with Crippen molar-refractivity contribution in [1.29, 1.82) is 0 Å². The van der Waals surface area contributed by atoms with Crippen molar-refractivity contribution in [2.24, 2.45) is 11.7 Å². The minimum Gasteiger partial charge on any atom is -0.691 e. The number of benzene rings is 3. The number of unbranched alkanes of at least 4 members (excludes halogenated alkanes) is 2. The van der Waals surface area contributed by atoms with Crippen LogP contribution in [0.4, 0.5) is 0 Å². The number of ether oxygens (including phenoxy) is 2. The van der Waals surface area contributed by atoms with E-state index in [9.17, 15) is 79.4 Å². The molecule has 7 rings (SSSR count). The van der Waals surface area contributed by atoms with Crippen LogP contribution in [0.3, 0.4) is 0 Å². The molecule has 31 nitrogen and oxygen atoms in total. The Labute approximate surface area is 545 Å². The second-order valence-corrected chi connectivity index (χ2v) is 23.1. The number of aromatic nitrogens is 2. The molecule has 4 aromatic rings. The van der Waals surface area contributed by atoms with E-state index in [0.717, 1.165) is 53.7 Å². The molecule has 1 aromatic heterocycles. The van der Waals surface area contributed by atoms with Gasteiger partial charge in [0.15, 0.2) is 11.5 Å². The third-order valence-electron chi connectivity index (χ3n) is 15.0. The molecule has 14 N–H and O–H groups in total. The number of β-amino-alcohol motifs (C(OH)–C–C–N with tert-alkyl or cyclic N) is 1. The number of fused-ring (bicyclic) bond motifs is 2. The standard InChI is InChI=1S/C56H72N10O21S2.Na/c1-27-25-66-46(47(27)74)52(79)58-24-33(68)21-36(59-48(75)30-8-10-31(11-9-30)53-63-64-54(88-53)32-12-14-35(15-13-32)84-18-6-4-5-17-83-3)49(76)60-43(28(2)67)55(80)65-26-34(69)22-37(65)50(77)61-44(51(78)62-45(56(66)81)40(72)23-42(57)73)39(71)19-29-7-16-38(70)41(20-29)85-89-87-86-82;/h7-16,20,27-28,33-34,36-37,39-40,43-47,67-72,74,82H,4-6,17-19,21-26H2,1-3H3,(H2,57,73)(H,58,79)(H,59,75)(H,60,76)(H,61,77)(H,62,78);/q;+1/p-1. The van der Waals surface area contributed by atoms with Crippen molar-refractivity contribution in [3.8, 4) is 38.4 Å². The predicted molar refractivity (Wildman–Crippen MR) is 309 cm³/mol. The number of aromatic hydroxyl groups is 1. The molecule has 3 aromatic carbocycles. The molecule has 13 atom stereocenters. The molecule has 484 valence electrons. The van der Waals surface area contributed by atoms with Crippen molar-refractivity contribution < 1.29 is 132 Å². The molecule has 3 fully saturated rings. The predicted octanol–water partition coefficient (Wildman–Crippen LogP) is -6.23. The smallest absolute Gasteiger partial charge is 0.691 e. The number of hydrogen-bond donors (Lipinski definition) is 13. The van der Waals surface area contributed by atoms with Gasteiger partial charge in [0.05, 0.1) is 49.7 Å². The normalized spacial score (nSPS) is 24.8. The summed E-state index contributed by atoms with van der Waals surface area (Å²) in [6.07, 6.45) is -10.9. The van der Waals surface area contributed by atoms with Gasteiger partial charge in [-0.15, -0.1) is 14.5 Å². The van der Waals surface area contributed by atoms with E-state index in [1.807, 2.05) is 24.3 Å². The van der Waals surface area contributed by atoms with Crippen LogP contribution < -0.4 is 76.1 Å². The van der Waals surface area contributed by atoms with Crippen molar-refractivity contribution in [3.63, 3.8) is 0 Å². The molecule has 0 spiro atoms. The number of nitrogens with two attached hydrogens (primary N) is 1. The number of phenols is 1. The molecule has 0 aliphatic carbocycles. The average molecular weight is 1310 g/mol. The first-order valence-electron chi connectivity index (χ1n) is 28.2. The van der Waals surface area contributed by atoms with Crippen LogP contribution in [0.1, 0.15) is 68.3 Å². The van der Waals surface area contributed by atoms with Crippen molar-refractivity contribution in [1.82, 2.24) is 46.6 Å². The number of nitrogens with one attached hydrogen (secondary N) is 5. The number of nitrogens with zero attached hydrogens (tertiary/aromatic N) is 4.